The third-order valence-electron chi connectivity index (χ3n) is 3.75. The molecule has 0 aliphatic carbocycles. The number of methoxy groups -OCH3 is 1. The van der Waals surface area contributed by atoms with Gasteiger partial charge >= 0.3 is 0 Å². The lowest BCUT2D eigenvalue weighted by atomic mass is 10.1. The second-order valence-electron chi connectivity index (χ2n) is 5.21. The monoisotopic (exact) mass is 288 g/mol. The normalized spacial score (nSPS) is 10.9. The molecule has 0 unspecified atom stereocenters. The highest BCUT2D eigenvalue weighted by molar-refractivity contribution is 5.41. The minimum absolute atomic E-state index is 0.717. The molecule has 0 bridgehead atoms. The van der Waals surface area contributed by atoms with Gasteiger partial charge in [0.1, 0.15) is 11.6 Å². The number of hydrogen-bond acceptors (Lipinski definition) is 4. The third kappa shape index (κ3) is 3.24. The van der Waals surface area contributed by atoms with Gasteiger partial charge in [0, 0.05) is 30.1 Å². The Kier molecular flexibility index (Phi) is 4.96. The van der Waals surface area contributed by atoms with E-state index < -0.39 is 0 Å². The zero-order chi connectivity index (χ0) is 15.4. The van der Waals surface area contributed by atoms with Crippen LogP contribution in [-0.4, -0.2) is 28.2 Å². The van der Waals surface area contributed by atoms with E-state index >= 15 is 0 Å². The van der Waals surface area contributed by atoms with Crippen molar-refractivity contribution in [2.24, 2.45) is 0 Å². The first kappa shape index (κ1) is 15.5. The van der Waals surface area contributed by atoms with Crippen molar-refractivity contribution in [3.8, 4) is 5.75 Å². The van der Waals surface area contributed by atoms with Crippen LogP contribution in [0.5, 0.6) is 5.75 Å². The minimum atomic E-state index is 0.717. The maximum Gasteiger partial charge on any atom is 0.128 e. The van der Waals surface area contributed by atoms with Crippen LogP contribution in [0.4, 0.5) is 0 Å². The molecule has 0 aliphatic heterocycles. The van der Waals surface area contributed by atoms with Gasteiger partial charge in [-0.3, -0.25) is 4.98 Å². The largest absolute Gasteiger partial charge is 0.496 e. The van der Waals surface area contributed by atoms with E-state index in [0.717, 1.165) is 48.0 Å². The zero-order valence-electron chi connectivity index (χ0n) is 13.5. The number of pyridine rings is 1. The highest BCUT2D eigenvalue weighted by Crippen LogP contribution is 2.25. The van der Waals surface area contributed by atoms with Crippen LogP contribution in [-0.2, 0) is 13.1 Å². The highest BCUT2D eigenvalue weighted by atomic mass is 16.5. The number of aromatic nitrogens is 3. The van der Waals surface area contributed by atoms with Crippen LogP contribution in [0.2, 0.25) is 0 Å². The maximum atomic E-state index is 5.48. The van der Waals surface area contributed by atoms with Gasteiger partial charge in [0.2, 0.25) is 0 Å². The van der Waals surface area contributed by atoms with Crippen molar-refractivity contribution in [1.82, 2.24) is 19.9 Å². The molecule has 0 radical (unpaired) electrons. The summed E-state index contributed by atoms with van der Waals surface area (Å²) >= 11 is 0. The Bertz CT molecular complexity index is 619. The van der Waals surface area contributed by atoms with Crippen molar-refractivity contribution in [2.75, 3.05) is 13.7 Å². The number of nitrogens with zero attached hydrogens (tertiary/aromatic N) is 3. The number of aryl methyl sites for hydroxylation is 2. The molecule has 2 rings (SSSR count). The molecule has 2 aromatic rings. The SMILES string of the molecule is CCNCc1cnc(C)n1Cc1ncc(C)c(OC)c1C. The molecule has 0 fully saturated rings. The van der Waals surface area contributed by atoms with Crippen LogP contribution in [0.3, 0.4) is 0 Å². The molecule has 0 aliphatic rings. The smallest absolute Gasteiger partial charge is 0.128 e. The molecule has 2 heterocycles. The molecule has 0 spiro atoms. The van der Waals surface area contributed by atoms with Crippen LogP contribution in [0.15, 0.2) is 12.4 Å². The van der Waals surface area contributed by atoms with E-state index in [1.807, 2.05) is 26.2 Å². The minimum Gasteiger partial charge on any atom is -0.496 e. The number of nitrogens with one attached hydrogen (secondary N) is 1. The van der Waals surface area contributed by atoms with Crippen molar-refractivity contribution >= 4 is 0 Å². The van der Waals surface area contributed by atoms with Crippen LogP contribution < -0.4 is 10.1 Å². The Morgan fingerprint density at radius 2 is 1.95 bits per heavy atom. The second kappa shape index (κ2) is 6.72. The molecule has 0 saturated heterocycles. The van der Waals surface area contributed by atoms with Gasteiger partial charge in [-0.05, 0) is 27.3 Å². The molecule has 0 aromatic carbocycles. The molecule has 0 atom stereocenters. The summed E-state index contributed by atoms with van der Waals surface area (Å²) in [5.41, 5.74) is 4.36. The first-order valence-electron chi connectivity index (χ1n) is 7.29. The third-order valence-corrected chi connectivity index (χ3v) is 3.75. The van der Waals surface area contributed by atoms with E-state index in [4.69, 9.17) is 4.74 Å². The number of imidazole rings is 1. The summed E-state index contributed by atoms with van der Waals surface area (Å²) < 4.78 is 7.68. The molecule has 5 nitrogen and oxygen atoms in total. The molecular formula is C16H24N4O. The number of rotatable bonds is 6. The number of ether oxygens (including phenoxy) is 1. The highest BCUT2D eigenvalue weighted by Gasteiger charge is 2.13. The maximum absolute atomic E-state index is 5.48. The summed E-state index contributed by atoms with van der Waals surface area (Å²) in [5, 5.41) is 3.34. The lowest BCUT2D eigenvalue weighted by Crippen LogP contribution is -2.17. The van der Waals surface area contributed by atoms with Gasteiger partial charge < -0.3 is 14.6 Å². The van der Waals surface area contributed by atoms with Crippen LogP contribution in [0, 0.1) is 20.8 Å². The zero-order valence-corrected chi connectivity index (χ0v) is 13.5. The Morgan fingerprint density at radius 3 is 2.62 bits per heavy atom. The van der Waals surface area contributed by atoms with Crippen LogP contribution in [0.1, 0.15) is 35.3 Å². The van der Waals surface area contributed by atoms with E-state index in [9.17, 15) is 0 Å². The molecule has 114 valence electrons. The van der Waals surface area contributed by atoms with E-state index in [1.54, 1.807) is 7.11 Å². The fraction of sp³-hybridized carbons (Fsp3) is 0.500. The molecule has 2 aromatic heterocycles. The quantitative estimate of drug-likeness (QED) is 0.886. The van der Waals surface area contributed by atoms with Gasteiger partial charge in [-0.1, -0.05) is 6.92 Å². The Balaban J connectivity index is 2.32. The van der Waals surface area contributed by atoms with E-state index in [1.165, 1.54) is 5.69 Å². The van der Waals surface area contributed by atoms with Crippen LogP contribution in [0.25, 0.3) is 0 Å². The van der Waals surface area contributed by atoms with Crippen molar-refractivity contribution in [3.05, 3.63) is 40.7 Å². The van der Waals surface area contributed by atoms with Gasteiger partial charge in [-0.15, -0.1) is 0 Å². The summed E-state index contributed by atoms with van der Waals surface area (Å²) in [4.78, 5) is 8.99. The number of hydrogen-bond donors (Lipinski definition) is 1. The fourth-order valence-electron chi connectivity index (χ4n) is 2.51. The van der Waals surface area contributed by atoms with Crippen molar-refractivity contribution in [1.29, 1.82) is 0 Å². The van der Waals surface area contributed by atoms with E-state index in [-0.39, 0.29) is 0 Å². The average Bonchev–Trinajstić information content (AvgIpc) is 2.81. The topological polar surface area (TPSA) is 52.0 Å². The predicted molar refractivity (Wildman–Crippen MR) is 83.7 cm³/mol. The Morgan fingerprint density at radius 1 is 1.19 bits per heavy atom. The Labute approximate surface area is 126 Å². The summed E-state index contributed by atoms with van der Waals surface area (Å²) in [7, 11) is 1.71. The lowest BCUT2D eigenvalue weighted by Gasteiger charge is -2.15. The summed E-state index contributed by atoms with van der Waals surface area (Å²) in [5.74, 6) is 1.93. The van der Waals surface area contributed by atoms with Gasteiger partial charge in [-0.25, -0.2) is 4.98 Å². The lowest BCUT2D eigenvalue weighted by molar-refractivity contribution is 0.406. The van der Waals surface area contributed by atoms with E-state index in [2.05, 4.69) is 33.7 Å². The predicted octanol–water partition coefficient (Wildman–Crippen LogP) is 2.37. The van der Waals surface area contributed by atoms with Gasteiger partial charge in [0.25, 0.3) is 0 Å². The molecule has 5 heteroatoms. The first-order chi connectivity index (χ1) is 10.1. The summed E-state index contributed by atoms with van der Waals surface area (Å²) in [6.45, 7) is 10.7. The molecule has 0 saturated carbocycles. The summed E-state index contributed by atoms with van der Waals surface area (Å²) in [6, 6.07) is 0. The van der Waals surface area contributed by atoms with Crippen LogP contribution >= 0.6 is 0 Å². The molecule has 0 amide bonds. The first-order valence-corrected chi connectivity index (χ1v) is 7.29. The summed E-state index contributed by atoms with van der Waals surface area (Å²) in [6.07, 6.45) is 3.80. The van der Waals surface area contributed by atoms with Crippen molar-refractivity contribution < 1.29 is 4.74 Å². The fourth-order valence-corrected chi connectivity index (χ4v) is 2.51. The van der Waals surface area contributed by atoms with Crippen molar-refractivity contribution in [3.63, 3.8) is 0 Å². The van der Waals surface area contributed by atoms with Crippen molar-refractivity contribution in [2.45, 2.75) is 40.8 Å². The second-order valence-corrected chi connectivity index (χ2v) is 5.21. The standard InChI is InChI=1S/C16H24N4O/c1-6-17-8-14-9-18-13(4)20(14)10-15-12(3)16(21-5)11(2)7-19-15/h7,9,17H,6,8,10H2,1-5H3. The average molecular weight is 288 g/mol. The molecular weight excluding hydrogens is 264 g/mol. The van der Waals surface area contributed by atoms with E-state index in [0.29, 0.717) is 0 Å². The van der Waals surface area contributed by atoms with Gasteiger partial charge in [0.05, 0.1) is 25.0 Å². The molecule has 21 heavy (non-hydrogen) atoms. The molecule has 1 N–H and O–H groups in total. The van der Waals surface area contributed by atoms with Gasteiger partial charge in [0.15, 0.2) is 0 Å². The van der Waals surface area contributed by atoms with Gasteiger partial charge in [-0.2, -0.15) is 0 Å². The Hall–Kier alpha value is -1.88.